The van der Waals surface area contributed by atoms with Gasteiger partial charge in [-0.25, -0.2) is 0 Å². The number of aliphatic hydroxyl groups is 1. The molecule has 0 aromatic heterocycles. The van der Waals surface area contributed by atoms with Gasteiger partial charge in [-0.05, 0) is 38.1 Å². The molecule has 0 saturated carbocycles. The Hall–Kier alpha value is -2.63. The fourth-order valence-corrected chi connectivity index (χ4v) is 2.06. The minimum Gasteiger partial charge on any atom is -0.367 e. The van der Waals surface area contributed by atoms with E-state index in [1.165, 1.54) is 6.92 Å². The molecule has 1 amide bonds. The molecule has 1 N–H and O–H groups in total. The molecule has 5 heteroatoms. The number of hydrogen-bond acceptors (Lipinski definition) is 4. The van der Waals surface area contributed by atoms with E-state index in [4.69, 9.17) is 10.5 Å². The predicted molar refractivity (Wildman–Crippen MR) is 67.6 cm³/mol. The molecule has 1 heterocycles. The lowest BCUT2D eigenvalue weighted by Gasteiger charge is -2.31. The predicted octanol–water partition coefficient (Wildman–Crippen LogP) is 1.45. The quantitative estimate of drug-likeness (QED) is 0.820. The highest BCUT2D eigenvalue weighted by Gasteiger charge is 2.46. The zero-order valence-electron chi connectivity index (χ0n) is 10.5. The second-order valence-electron chi connectivity index (χ2n) is 4.43. The standard InChI is InChI=1S/C14H11N3O2/c1-9-12(8-16)13(18)17(14(9,2)19)11-5-3-10(7-15)4-6-11/h3-6,19H,1-2H3. The fraction of sp³-hybridized carbons (Fsp3) is 0.214. The van der Waals surface area contributed by atoms with Crippen LogP contribution in [0.15, 0.2) is 35.4 Å². The second kappa shape index (κ2) is 4.24. The lowest BCUT2D eigenvalue weighted by molar-refractivity contribution is -0.116. The molecule has 2 rings (SSSR count). The largest absolute Gasteiger partial charge is 0.367 e. The molecule has 0 spiro atoms. The Balaban J connectivity index is 2.50. The molecule has 0 bridgehead atoms. The highest BCUT2D eigenvalue weighted by molar-refractivity contribution is 6.13. The average Bonchev–Trinajstić information content (AvgIpc) is 2.56. The number of rotatable bonds is 1. The van der Waals surface area contributed by atoms with Crippen molar-refractivity contribution in [2.45, 2.75) is 19.6 Å². The summed E-state index contributed by atoms with van der Waals surface area (Å²) in [7, 11) is 0. The van der Waals surface area contributed by atoms with Crippen molar-refractivity contribution in [2.75, 3.05) is 4.90 Å². The number of nitriles is 2. The number of hydrogen-bond donors (Lipinski definition) is 1. The van der Waals surface area contributed by atoms with Gasteiger partial charge in [-0.15, -0.1) is 0 Å². The van der Waals surface area contributed by atoms with Crippen LogP contribution in [0.25, 0.3) is 0 Å². The van der Waals surface area contributed by atoms with Crippen LogP contribution in [0.5, 0.6) is 0 Å². The van der Waals surface area contributed by atoms with E-state index in [0.717, 1.165) is 4.90 Å². The first kappa shape index (κ1) is 12.8. The van der Waals surface area contributed by atoms with Gasteiger partial charge in [0.1, 0.15) is 11.6 Å². The van der Waals surface area contributed by atoms with Crippen molar-refractivity contribution in [3.8, 4) is 12.1 Å². The van der Waals surface area contributed by atoms with Gasteiger partial charge in [0.05, 0.1) is 11.6 Å². The van der Waals surface area contributed by atoms with Gasteiger partial charge in [0.15, 0.2) is 5.72 Å². The minimum absolute atomic E-state index is 0.0469. The van der Waals surface area contributed by atoms with E-state index in [-0.39, 0.29) is 5.57 Å². The Morgan fingerprint density at radius 3 is 2.21 bits per heavy atom. The Morgan fingerprint density at radius 2 is 1.79 bits per heavy atom. The summed E-state index contributed by atoms with van der Waals surface area (Å²) in [5, 5.41) is 28.1. The molecule has 1 atom stereocenters. The van der Waals surface area contributed by atoms with Crippen molar-refractivity contribution in [3.05, 3.63) is 41.0 Å². The third-order valence-electron chi connectivity index (χ3n) is 3.30. The second-order valence-corrected chi connectivity index (χ2v) is 4.43. The van der Waals surface area contributed by atoms with Crippen LogP contribution < -0.4 is 4.90 Å². The number of benzene rings is 1. The van der Waals surface area contributed by atoms with Crippen LogP contribution in [-0.4, -0.2) is 16.7 Å². The summed E-state index contributed by atoms with van der Waals surface area (Å²) in [5.74, 6) is -0.533. The molecular formula is C14H11N3O2. The third kappa shape index (κ3) is 1.77. The maximum Gasteiger partial charge on any atom is 0.271 e. The SMILES string of the molecule is CC1=C(C#N)C(=O)N(c2ccc(C#N)cc2)C1(C)O. The molecule has 94 valence electrons. The monoisotopic (exact) mass is 253 g/mol. The van der Waals surface area contributed by atoms with E-state index in [1.54, 1.807) is 31.2 Å². The summed E-state index contributed by atoms with van der Waals surface area (Å²) in [6, 6.07) is 10.0. The van der Waals surface area contributed by atoms with Crippen LogP contribution in [0.1, 0.15) is 19.4 Å². The lowest BCUT2D eigenvalue weighted by atomic mass is 10.1. The number of anilines is 1. The molecule has 5 nitrogen and oxygen atoms in total. The first-order chi connectivity index (χ1) is 8.93. The first-order valence-corrected chi connectivity index (χ1v) is 5.62. The Bertz CT molecular complexity index is 657. The van der Waals surface area contributed by atoms with E-state index in [0.29, 0.717) is 16.8 Å². The summed E-state index contributed by atoms with van der Waals surface area (Å²) < 4.78 is 0. The molecule has 1 unspecified atom stereocenters. The van der Waals surface area contributed by atoms with Crippen LogP contribution in [0.2, 0.25) is 0 Å². The fourth-order valence-electron chi connectivity index (χ4n) is 2.06. The van der Waals surface area contributed by atoms with E-state index in [9.17, 15) is 9.90 Å². The van der Waals surface area contributed by atoms with E-state index >= 15 is 0 Å². The molecule has 0 radical (unpaired) electrons. The number of nitrogens with zero attached hydrogens (tertiary/aromatic N) is 3. The van der Waals surface area contributed by atoms with Gasteiger partial charge in [0.2, 0.25) is 0 Å². The van der Waals surface area contributed by atoms with Gasteiger partial charge in [0.25, 0.3) is 5.91 Å². The van der Waals surface area contributed by atoms with Crippen molar-refractivity contribution >= 4 is 11.6 Å². The van der Waals surface area contributed by atoms with Crippen molar-refractivity contribution < 1.29 is 9.90 Å². The van der Waals surface area contributed by atoms with Crippen LogP contribution in [0.4, 0.5) is 5.69 Å². The topological polar surface area (TPSA) is 88.1 Å². The first-order valence-electron chi connectivity index (χ1n) is 5.62. The van der Waals surface area contributed by atoms with E-state index < -0.39 is 11.6 Å². The highest BCUT2D eigenvalue weighted by Crippen LogP contribution is 2.36. The number of carbonyl (C=O) groups excluding carboxylic acids is 1. The normalized spacial score (nSPS) is 22.4. The van der Waals surface area contributed by atoms with E-state index in [2.05, 4.69) is 0 Å². The van der Waals surface area contributed by atoms with E-state index in [1.807, 2.05) is 12.1 Å². The van der Waals surface area contributed by atoms with Crippen LogP contribution in [0, 0.1) is 22.7 Å². The summed E-state index contributed by atoms with van der Waals surface area (Å²) >= 11 is 0. The Labute approximate surface area is 110 Å². The molecule has 19 heavy (non-hydrogen) atoms. The zero-order chi connectivity index (χ0) is 14.2. The maximum atomic E-state index is 12.1. The van der Waals surface area contributed by atoms with Crippen molar-refractivity contribution in [3.63, 3.8) is 0 Å². The third-order valence-corrected chi connectivity index (χ3v) is 3.30. The van der Waals surface area contributed by atoms with Gasteiger partial charge < -0.3 is 5.11 Å². The maximum absolute atomic E-state index is 12.1. The average molecular weight is 253 g/mol. The van der Waals surface area contributed by atoms with Crippen molar-refractivity contribution in [1.29, 1.82) is 10.5 Å². The molecular weight excluding hydrogens is 242 g/mol. The van der Waals surface area contributed by atoms with Gasteiger partial charge in [-0.1, -0.05) is 0 Å². The number of amides is 1. The number of carbonyl (C=O) groups is 1. The molecule has 1 aromatic carbocycles. The Kier molecular flexibility index (Phi) is 2.86. The highest BCUT2D eigenvalue weighted by atomic mass is 16.3. The van der Waals surface area contributed by atoms with Crippen LogP contribution in [-0.2, 0) is 4.79 Å². The van der Waals surface area contributed by atoms with Gasteiger partial charge in [0, 0.05) is 11.3 Å². The van der Waals surface area contributed by atoms with Crippen molar-refractivity contribution in [2.24, 2.45) is 0 Å². The summed E-state index contributed by atoms with van der Waals surface area (Å²) in [4.78, 5) is 13.3. The van der Waals surface area contributed by atoms with Gasteiger partial charge in [-0.3, -0.25) is 9.69 Å². The molecule has 0 saturated heterocycles. The molecule has 0 fully saturated rings. The molecule has 0 aliphatic carbocycles. The van der Waals surface area contributed by atoms with Gasteiger partial charge in [-0.2, -0.15) is 10.5 Å². The summed E-state index contributed by atoms with van der Waals surface area (Å²) in [6.07, 6.45) is 0. The molecule has 1 aromatic rings. The Morgan fingerprint density at radius 1 is 1.21 bits per heavy atom. The summed E-state index contributed by atoms with van der Waals surface area (Å²) in [6.45, 7) is 3.02. The van der Waals surface area contributed by atoms with Crippen LogP contribution >= 0.6 is 0 Å². The van der Waals surface area contributed by atoms with Crippen LogP contribution in [0.3, 0.4) is 0 Å². The van der Waals surface area contributed by atoms with Gasteiger partial charge >= 0.3 is 0 Å². The smallest absolute Gasteiger partial charge is 0.271 e. The zero-order valence-corrected chi connectivity index (χ0v) is 10.5. The summed E-state index contributed by atoms with van der Waals surface area (Å²) in [5.41, 5.74) is -0.353. The molecule has 1 aliphatic heterocycles. The lowest BCUT2D eigenvalue weighted by Crippen LogP contribution is -2.45. The van der Waals surface area contributed by atoms with Crippen molar-refractivity contribution in [1.82, 2.24) is 0 Å². The molecule has 1 aliphatic rings. The minimum atomic E-state index is -1.53.